The Morgan fingerprint density at radius 2 is 1.92 bits per heavy atom. The first-order valence-electron chi connectivity index (χ1n) is 3.77. The largest absolute Gasteiger partial charge is 0.394 e. The monoisotopic (exact) mass is 180 g/mol. The van der Waals surface area contributed by atoms with Gasteiger partial charge in [0.25, 0.3) is 0 Å². The lowest BCUT2D eigenvalue weighted by atomic mass is 10.0. The lowest BCUT2D eigenvalue weighted by molar-refractivity contribution is -0.118. The first-order chi connectivity index (χ1) is 5.86. The molecule has 0 saturated carbocycles. The van der Waals surface area contributed by atoms with Gasteiger partial charge in [0.15, 0.2) is 0 Å². The number of aldehydes is 1. The molecule has 0 heterocycles. The normalized spacial score (nSPS) is 24.9. The summed E-state index contributed by atoms with van der Waals surface area (Å²) in [7, 11) is 0. The van der Waals surface area contributed by atoms with Gasteiger partial charge in [0, 0.05) is 0 Å². The summed E-state index contributed by atoms with van der Waals surface area (Å²) in [5.41, 5.74) is 4.95. The quantitative estimate of drug-likeness (QED) is 0.281. The summed E-state index contributed by atoms with van der Waals surface area (Å²) in [6.45, 7) is -0.798. The predicted molar refractivity (Wildman–Crippen MR) is 39.1 cm³/mol. The van der Waals surface area contributed by atoms with E-state index in [2.05, 4.69) is 0 Å². The Labute approximate surface area is 70.6 Å². The van der Waals surface area contributed by atoms with Crippen molar-refractivity contribution in [1.29, 1.82) is 0 Å². The van der Waals surface area contributed by atoms with Gasteiger partial charge in [0.05, 0.1) is 14.0 Å². The second-order valence-corrected chi connectivity index (χ2v) is 2.30. The number of carbonyl (C=O) groups is 1. The standard InChI is InChI=1S/C6H13NO5/c7-3(1-8)5(11)6(12)4(10)2-9/h1,3-6,9-12H,2,7H2/t3-,4+,5+,6+/m0/s1/i3D. The topological polar surface area (TPSA) is 124 Å². The highest BCUT2D eigenvalue weighted by atomic mass is 16.4. The Morgan fingerprint density at radius 3 is 2.25 bits per heavy atom. The van der Waals surface area contributed by atoms with Gasteiger partial charge in [-0.2, -0.15) is 0 Å². The molecule has 0 aliphatic rings. The lowest BCUT2D eigenvalue weighted by Crippen LogP contribution is -2.49. The third-order valence-corrected chi connectivity index (χ3v) is 1.38. The van der Waals surface area contributed by atoms with Gasteiger partial charge in [0.2, 0.25) is 0 Å². The van der Waals surface area contributed by atoms with E-state index < -0.39 is 30.9 Å². The van der Waals surface area contributed by atoms with Crippen molar-refractivity contribution in [2.75, 3.05) is 6.61 Å². The Morgan fingerprint density at radius 1 is 1.42 bits per heavy atom. The van der Waals surface area contributed by atoms with E-state index in [0.29, 0.717) is 0 Å². The van der Waals surface area contributed by atoms with Gasteiger partial charge in [-0.15, -0.1) is 0 Å². The molecule has 0 spiro atoms. The summed E-state index contributed by atoms with van der Waals surface area (Å²) in [6, 6.07) is -2.39. The second-order valence-electron chi connectivity index (χ2n) is 2.30. The molecule has 72 valence electrons. The molecule has 0 aliphatic heterocycles. The van der Waals surface area contributed by atoms with Crippen LogP contribution in [0.25, 0.3) is 0 Å². The average Bonchev–Trinajstić information content (AvgIpc) is 2.14. The summed E-state index contributed by atoms with van der Waals surface area (Å²) in [6.07, 6.45) is -5.49. The minimum Gasteiger partial charge on any atom is -0.394 e. The highest BCUT2D eigenvalue weighted by molar-refractivity contribution is 5.58. The number of hydrogen-bond donors (Lipinski definition) is 5. The summed E-state index contributed by atoms with van der Waals surface area (Å²) in [5.74, 6) is 0. The minimum absolute atomic E-state index is 0.0645. The van der Waals surface area contributed by atoms with Crippen LogP contribution in [0.5, 0.6) is 0 Å². The fourth-order valence-electron chi connectivity index (χ4n) is 0.585. The van der Waals surface area contributed by atoms with Gasteiger partial charge >= 0.3 is 0 Å². The molecule has 0 amide bonds. The van der Waals surface area contributed by atoms with Crippen molar-refractivity contribution < 1.29 is 26.6 Å². The van der Waals surface area contributed by atoms with Crippen LogP contribution in [-0.2, 0) is 4.79 Å². The van der Waals surface area contributed by atoms with E-state index in [9.17, 15) is 4.79 Å². The fourth-order valence-corrected chi connectivity index (χ4v) is 0.585. The van der Waals surface area contributed by atoms with E-state index in [4.69, 9.17) is 27.5 Å². The molecule has 0 aromatic carbocycles. The van der Waals surface area contributed by atoms with E-state index in [1.807, 2.05) is 0 Å². The third kappa shape index (κ3) is 2.84. The number of aliphatic hydroxyl groups is 4. The highest BCUT2D eigenvalue weighted by Gasteiger charge is 2.28. The van der Waals surface area contributed by atoms with Crippen LogP contribution >= 0.6 is 0 Å². The van der Waals surface area contributed by atoms with Crippen molar-refractivity contribution in [2.24, 2.45) is 5.73 Å². The number of hydrogen-bond acceptors (Lipinski definition) is 6. The van der Waals surface area contributed by atoms with Crippen LogP contribution in [0.4, 0.5) is 0 Å². The van der Waals surface area contributed by atoms with Gasteiger partial charge in [0.1, 0.15) is 24.6 Å². The SMILES string of the molecule is [2H][C@](N)(C=O)[C@@H](O)[C@H](O)[C@H](O)CO. The van der Waals surface area contributed by atoms with Crippen LogP contribution in [-0.4, -0.2) is 57.6 Å². The Bertz CT molecular complexity index is 176. The summed E-state index contributed by atoms with van der Waals surface area (Å²) in [4.78, 5) is 10.2. The molecule has 0 aromatic heterocycles. The van der Waals surface area contributed by atoms with Crippen LogP contribution in [0, 0.1) is 0 Å². The molecule has 12 heavy (non-hydrogen) atoms. The van der Waals surface area contributed by atoms with Gasteiger partial charge in [-0.3, -0.25) is 0 Å². The molecule has 0 bridgehead atoms. The number of rotatable bonds is 5. The Balaban J connectivity index is 4.40. The number of carbonyl (C=O) groups excluding carboxylic acids is 1. The molecule has 0 unspecified atom stereocenters. The average molecular weight is 180 g/mol. The van der Waals surface area contributed by atoms with E-state index in [1.54, 1.807) is 0 Å². The van der Waals surface area contributed by atoms with Crippen molar-refractivity contribution in [3.8, 4) is 0 Å². The van der Waals surface area contributed by atoms with Crippen LogP contribution in [0.1, 0.15) is 1.37 Å². The molecule has 0 radical (unpaired) electrons. The highest BCUT2D eigenvalue weighted by Crippen LogP contribution is 2.01. The first kappa shape index (κ1) is 9.56. The van der Waals surface area contributed by atoms with E-state index in [0.717, 1.165) is 0 Å². The maximum Gasteiger partial charge on any atom is 0.139 e. The summed E-state index contributed by atoms with van der Waals surface area (Å²) in [5, 5.41) is 35.3. The second kappa shape index (κ2) is 5.18. The molecule has 6 nitrogen and oxygen atoms in total. The van der Waals surface area contributed by atoms with Gasteiger partial charge < -0.3 is 31.0 Å². The van der Waals surface area contributed by atoms with Gasteiger partial charge in [-0.1, -0.05) is 0 Å². The molecule has 0 fully saturated rings. The fraction of sp³-hybridized carbons (Fsp3) is 0.833. The third-order valence-electron chi connectivity index (χ3n) is 1.38. The first-order valence-corrected chi connectivity index (χ1v) is 3.27. The minimum atomic E-state index is -2.39. The molecule has 0 aromatic rings. The molecule has 0 aliphatic carbocycles. The maximum absolute atomic E-state index is 10.2. The summed E-state index contributed by atoms with van der Waals surface area (Å²) >= 11 is 0. The van der Waals surface area contributed by atoms with Crippen molar-refractivity contribution >= 4 is 6.29 Å². The van der Waals surface area contributed by atoms with Gasteiger partial charge in [-0.25, -0.2) is 0 Å². The zero-order valence-corrected chi connectivity index (χ0v) is 6.29. The van der Waals surface area contributed by atoms with Crippen LogP contribution in [0.2, 0.25) is 0 Å². The van der Waals surface area contributed by atoms with E-state index >= 15 is 0 Å². The molecular weight excluding hydrogens is 166 g/mol. The zero-order valence-electron chi connectivity index (χ0n) is 7.29. The van der Waals surface area contributed by atoms with E-state index in [1.165, 1.54) is 0 Å². The Hall–Kier alpha value is -0.530. The van der Waals surface area contributed by atoms with Crippen molar-refractivity contribution in [2.45, 2.75) is 24.3 Å². The number of aliphatic hydroxyl groups excluding tert-OH is 4. The molecule has 0 saturated heterocycles. The number of nitrogens with two attached hydrogens (primary N) is 1. The summed E-state index contributed by atoms with van der Waals surface area (Å²) < 4.78 is 6.99. The molecule has 6 N–H and O–H groups in total. The molecular formula is C6H13NO5. The van der Waals surface area contributed by atoms with Crippen molar-refractivity contribution in [3.05, 3.63) is 0 Å². The predicted octanol–water partition coefficient (Wildman–Crippen LogP) is -3.41. The van der Waals surface area contributed by atoms with Crippen LogP contribution in [0.15, 0.2) is 0 Å². The zero-order chi connectivity index (χ0) is 10.6. The van der Waals surface area contributed by atoms with Crippen molar-refractivity contribution in [1.82, 2.24) is 0 Å². The molecule has 0 rings (SSSR count). The lowest BCUT2D eigenvalue weighted by Gasteiger charge is -2.23. The molecule has 4 atom stereocenters. The van der Waals surface area contributed by atoms with Crippen LogP contribution in [0.3, 0.4) is 0 Å². The maximum atomic E-state index is 10.2. The van der Waals surface area contributed by atoms with E-state index in [-0.39, 0.29) is 6.29 Å². The van der Waals surface area contributed by atoms with Gasteiger partial charge in [-0.05, 0) is 0 Å². The van der Waals surface area contributed by atoms with Crippen LogP contribution < -0.4 is 5.73 Å². The molecule has 6 heteroatoms. The smallest absolute Gasteiger partial charge is 0.139 e. The van der Waals surface area contributed by atoms with Crippen molar-refractivity contribution in [3.63, 3.8) is 0 Å². The Kier molecular flexibility index (Phi) is 4.12.